The number of aryl methyl sites for hydroxylation is 1. The number of hydrogen-bond donors (Lipinski definition) is 1. The van der Waals surface area contributed by atoms with Gasteiger partial charge in [0.1, 0.15) is 6.54 Å². The molecule has 0 aliphatic heterocycles. The predicted molar refractivity (Wildman–Crippen MR) is 129 cm³/mol. The van der Waals surface area contributed by atoms with E-state index in [9.17, 15) is 14.4 Å². The first-order valence-electron chi connectivity index (χ1n) is 10.9. The topological polar surface area (TPSA) is 73.1 Å². The number of hydrogen-bond acceptors (Lipinski definition) is 3. The van der Waals surface area contributed by atoms with Gasteiger partial charge in [-0.1, -0.05) is 60.1 Å². The van der Waals surface area contributed by atoms with Crippen LogP contribution in [0.2, 0.25) is 5.02 Å². The van der Waals surface area contributed by atoms with E-state index >= 15 is 0 Å². The summed E-state index contributed by atoms with van der Waals surface area (Å²) in [6, 6.07) is 21.9. The first-order valence-corrected chi connectivity index (χ1v) is 11.2. The highest BCUT2D eigenvalue weighted by molar-refractivity contribution is 6.30. The molecule has 5 rings (SSSR count). The fraction of sp³-hybridized carbons (Fsp3) is 0.192. The Morgan fingerprint density at radius 2 is 1.76 bits per heavy atom. The molecule has 1 atom stereocenters. The van der Waals surface area contributed by atoms with Crippen molar-refractivity contribution in [3.05, 3.63) is 115 Å². The van der Waals surface area contributed by atoms with Crippen LogP contribution in [0, 0.1) is 0 Å². The maximum atomic E-state index is 13.4. The number of carbonyl (C=O) groups is 1. The highest BCUT2D eigenvalue weighted by Crippen LogP contribution is 2.30. The largest absolute Gasteiger partial charge is 0.348 e. The van der Waals surface area contributed by atoms with E-state index in [2.05, 4.69) is 11.4 Å². The van der Waals surface area contributed by atoms with Crippen molar-refractivity contribution in [3.63, 3.8) is 0 Å². The summed E-state index contributed by atoms with van der Waals surface area (Å²) in [5, 5.41) is 3.98. The summed E-state index contributed by atoms with van der Waals surface area (Å²) >= 11 is 6.08. The van der Waals surface area contributed by atoms with E-state index in [1.807, 2.05) is 24.3 Å². The summed E-state index contributed by atoms with van der Waals surface area (Å²) < 4.78 is 2.53. The van der Waals surface area contributed by atoms with Crippen LogP contribution in [0.5, 0.6) is 0 Å². The normalized spacial score (nSPS) is 14.9. The van der Waals surface area contributed by atoms with Crippen molar-refractivity contribution in [1.29, 1.82) is 0 Å². The Bertz CT molecular complexity index is 1490. The van der Waals surface area contributed by atoms with Gasteiger partial charge in [-0.15, -0.1) is 0 Å². The van der Waals surface area contributed by atoms with Crippen LogP contribution in [0.1, 0.15) is 29.2 Å². The Morgan fingerprint density at radius 3 is 2.61 bits per heavy atom. The van der Waals surface area contributed by atoms with Crippen molar-refractivity contribution in [2.75, 3.05) is 0 Å². The van der Waals surface area contributed by atoms with E-state index in [1.165, 1.54) is 10.1 Å². The second-order valence-corrected chi connectivity index (χ2v) is 8.70. The predicted octanol–water partition coefficient (Wildman–Crippen LogP) is 3.67. The van der Waals surface area contributed by atoms with Crippen molar-refractivity contribution < 1.29 is 4.79 Å². The van der Waals surface area contributed by atoms with Crippen molar-refractivity contribution in [1.82, 2.24) is 14.5 Å². The number of benzene rings is 3. The minimum atomic E-state index is -0.527. The maximum absolute atomic E-state index is 13.4. The molecule has 1 N–H and O–H groups in total. The fourth-order valence-corrected chi connectivity index (χ4v) is 4.78. The number of nitrogens with zero attached hydrogens (tertiary/aromatic N) is 2. The van der Waals surface area contributed by atoms with Gasteiger partial charge in [-0.2, -0.15) is 0 Å². The van der Waals surface area contributed by atoms with Gasteiger partial charge < -0.3 is 5.32 Å². The average Bonchev–Trinajstić information content (AvgIpc) is 3.22. The number of halogens is 1. The Kier molecular flexibility index (Phi) is 5.60. The highest BCUT2D eigenvalue weighted by Gasteiger charge is 2.24. The van der Waals surface area contributed by atoms with Gasteiger partial charge in [0.05, 0.1) is 23.5 Å². The van der Waals surface area contributed by atoms with Gasteiger partial charge in [-0.3, -0.25) is 18.7 Å². The molecule has 0 spiro atoms. The van der Waals surface area contributed by atoms with E-state index < -0.39 is 11.2 Å². The van der Waals surface area contributed by atoms with Gasteiger partial charge in [0.2, 0.25) is 5.91 Å². The molecule has 7 heteroatoms. The zero-order valence-electron chi connectivity index (χ0n) is 17.8. The average molecular weight is 460 g/mol. The van der Waals surface area contributed by atoms with Crippen LogP contribution in [0.25, 0.3) is 10.9 Å². The minimum Gasteiger partial charge on any atom is -0.348 e. The molecule has 3 aromatic carbocycles. The molecule has 0 saturated carbocycles. The van der Waals surface area contributed by atoms with Crippen molar-refractivity contribution in [2.24, 2.45) is 0 Å². The molecule has 6 nitrogen and oxygen atoms in total. The Morgan fingerprint density at radius 1 is 0.970 bits per heavy atom. The summed E-state index contributed by atoms with van der Waals surface area (Å²) in [7, 11) is 0. The van der Waals surface area contributed by atoms with Gasteiger partial charge in [-0.05, 0) is 53.8 Å². The molecule has 1 aliphatic rings. The SMILES string of the molecule is O=C(Cn1c(=O)n(Cc2cccc(Cl)c2)c(=O)c2ccccc21)NC1CCc2ccccc21. The van der Waals surface area contributed by atoms with E-state index in [1.54, 1.807) is 42.5 Å². The van der Waals surface area contributed by atoms with Crippen molar-refractivity contribution in [3.8, 4) is 0 Å². The molecule has 0 fully saturated rings. The number of nitrogens with one attached hydrogen (secondary N) is 1. The molecule has 1 aliphatic carbocycles. The zero-order valence-corrected chi connectivity index (χ0v) is 18.6. The van der Waals surface area contributed by atoms with Crippen LogP contribution in [0.4, 0.5) is 0 Å². The van der Waals surface area contributed by atoms with Crippen LogP contribution in [0.15, 0.2) is 82.4 Å². The molecular weight excluding hydrogens is 438 g/mol. The molecule has 1 aromatic heterocycles. The third-order valence-electron chi connectivity index (χ3n) is 6.13. The standard InChI is InChI=1S/C26H22ClN3O3/c27-19-8-5-6-17(14-19)15-30-25(32)21-10-3-4-11-23(21)29(26(30)33)16-24(31)28-22-13-12-18-7-1-2-9-20(18)22/h1-11,14,22H,12-13,15-16H2,(H,28,31). The quantitative estimate of drug-likeness (QED) is 0.495. The number of amides is 1. The van der Waals surface area contributed by atoms with Gasteiger partial charge >= 0.3 is 5.69 Å². The molecule has 1 amide bonds. The first kappa shape index (κ1) is 21.2. The maximum Gasteiger partial charge on any atom is 0.332 e. The van der Waals surface area contributed by atoms with E-state index in [0.29, 0.717) is 15.9 Å². The summed E-state index contributed by atoms with van der Waals surface area (Å²) in [5.41, 5.74) is 2.61. The Balaban J connectivity index is 1.50. The van der Waals surface area contributed by atoms with E-state index in [0.717, 1.165) is 28.5 Å². The lowest BCUT2D eigenvalue weighted by Crippen LogP contribution is -2.43. The molecule has 0 radical (unpaired) electrons. The monoisotopic (exact) mass is 459 g/mol. The molecule has 33 heavy (non-hydrogen) atoms. The van der Waals surface area contributed by atoms with Crippen LogP contribution in [-0.4, -0.2) is 15.0 Å². The molecule has 4 aromatic rings. The lowest BCUT2D eigenvalue weighted by atomic mass is 10.1. The summed E-state index contributed by atoms with van der Waals surface area (Å²) in [6.45, 7) is -0.103. The van der Waals surface area contributed by atoms with E-state index in [-0.39, 0.29) is 25.0 Å². The smallest absolute Gasteiger partial charge is 0.332 e. The Labute approximate surface area is 195 Å². The zero-order chi connectivity index (χ0) is 22.9. The second-order valence-electron chi connectivity index (χ2n) is 8.26. The van der Waals surface area contributed by atoms with E-state index in [4.69, 9.17) is 11.6 Å². The third kappa shape index (κ3) is 4.10. The Hall–Kier alpha value is -3.64. The summed E-state index contributed by atoms with van der Waals surface area (Å²) in [5.74, 6) is -0.267. The highest BCUT2D eigenvalue weighted by atomic mass is 35.5. The lowest BCUT2D eigenvalue weighted by molar-refractivity contribution is -0.122. The van der Waals surface area contributed by atoms with Crippen molar-refractivity contribution in [2.45, 2.75) is 32.0 Å². The molecule has 0 bridgehead atoms. The van der Waals surface area contributed by atoms with Crippen molar-refractivity contribution >= 4 is 28.4 Å². The minimum absolute atomic E-state index is 0.0701. The summed E-state index contributed by atoms with van der Waals surface area (Å²) in [6.07, 6.45) is 1.74. The van der Waals surface area contributed by atoms with Crippen LogP contribution in [0.3, 0.4) is 0 Å². The molecular formula is C26H22ClN3O3. The van der Waals surface area contributed by atoms with Crippen LogP contribution in [-0.2, 0) is 24.3 Å². The number of para-hydroxylation sites is 1. The fourth-order valence-electron chi connectivity index (χ4n) is 4.57. The van der Waals surface area contributed by atoms with Gasteiger partial charge in [0.15, 0.2) is 0 Å². The molecule has 1 unspecified atom stereocenters. The number of aromatic nitrogens is 2. The number of rotatable bonds is 5. The van der Waals surface area contributed by atoms with Gasteiger partial charge in [-0.25, -0.2) is 4.79 Å². The third-order valence-corrected chi connectivity index (χ3v) is 6.37. The number of fused-ring (bicyclic) bond motifs is 2. The molecule has 1 heterocycles. The lowest BCUT2D eigenvalue weighted by Gasteiger charge is -2.17. The number of carbonyl (C=O) groups excluding carboxylic acids is 1. The van der Waals surface area contributed by atoms with Crippen LogP contribution >= 0.6 is 11.6 Å². The first-order chi connectivity index (χ1) is 16.0. The molecule has 166 valence electrons. The summed E-state index contributed by atoms with van der Waals surface area (Å²) in [4.78, 5) is 39.5. The van der Waals surface area contributed by atoms with Gasteiger partial charge in [0.25, 0.3) is 5.56 Å². The second kappa shape index (κ2) is 8.71. The molecule has 0 saturated heterocycles. The van der Waals surface area contributed by atoms with Crippen LogP contribution < -0.4 is 16.6 Å². The van der Waals surface area contributed by atoms with Gasteiger partial charge in [0, 0.05) is 5.02 Å².